The molecular formula is C62H47NS. The molecule has 6 aliphatic carbocycles. The molecule has 306 valence electrons. The third-order valence-electron chi connectivity index (χ3n) is 17.4. The summed E-state index contributed by atoms with van der Waals surface area (Å²) < 4.78 is 2.69. The van der Waals surface area contributed by atoms with E-state index in [9.17, 15) is 0 Å². The molecule has 6 aliphatic rings. The zero-order chi connectivity index (χ0) is 41.7. The molecule has 8 aromatic carbocycles. The van der Waals surface area contributed by atoms with Gasteiger partial charge in [0.1, 0.15) is 0 Å². The first-order valence-corrected chi connectivity index (χ1v) is 24.5. The molecule has 4 saturated carbocycles. The minimum Gasteiger partial charge on any atom is -0.310 e. The van der Waals surface area contributed by atoms with Crippen molar-refractivity contribution >= 4 is 64.9 Å². The van der Waals surface area contributed by atoms with Crippen LogP contribution in [0.15, 0.2) is 194 Å². The first-order valence-electron chi connectivity index (χ1n) is 23.7. The SMILES string of the molecule is C1=CC2=C(CC1)C1(c3cc(N(c4cccc(-c5cccc6c5sc5ccccc56)c4)c4ccccc4-c4cccc5cccc(-c6ccccc6)c45)ccc32)C2CC3CC4CC1C42C3. The van der Waals surface area contributed by atoms with Gasteiger partial charge in [0.05, 0.1) is 5.69 Å². The van der Waals surface area contributed by atoms with Crippen LogP contribution in [0.5, 0.6) is 0 Å². The average molecular weight is 838 g/mol. The summed E-state index contributed by atoms with van der Waals surface area (Å²) in [4.78, 5) is 2.62. The van der Waals surface area contributed by atoms with Gasteiger partial charge in [-0.2, -0.15) is 0 Å². The fraction of sp³-hybridized carbons (Fsp3) is 0.194. The lowest BCUT2D eigenvalue weighted by Crippen LogP contribution is -2.74. The summed E-state index contributed by atoms with van der Waals surface area (Å²) in [6, 6.07) is 66.7. The molecule has 9 aromatic rings. The van der Waals surface area contributed by atoms with Crippen LogP contribution in [-0.4, -0.2) is 0 Å². The zero-order valence-electron chi connectivity index (χ0n) is 35.8. The number of hydrogen-bond donors (Lipinski definition) is 0. The first kappa shape index (κ1) is 35.9. The van der Waals surface area contributed by atoms with Crippen molar-refractivity contribution in [1.82, 2.24) is 0 Å². The van der Waals surface area contributed by atoms with Gasteiger partial charge in [0.2, 0.25) is 0 Å². The normalized spacial score (nSPS) is 25.4. The van der Waals surface area contributed by atoms with Crippen LogP contribution in [0, 0.1) is 29.1 Å². The molecule has 2 heteroatoms. The molecular weight excluding hydrogens is 791 g/mol. The van der Waals surface area contributed by atoms with E-state index in [1.54, 1.807) is 16.7 Å². The van der Waals surface area contributed by atoms with Crippen molar-refractivity contribution in [3.8, 4) is 33.4 Å². The molecule has 0 amide bonds. The third kappa shape index (κ3) is 4.55. The maximum atomic E-state index is 2.70. The third-order valence-corrected chi connectivity index (χ3v) is 18.6. The Morgan fingerprint density at radius 1 is 0.547 bits per heavy atom. The monoisotopic (exact) mass is 837 g/mol. The van der Waals surface area contributed by atoms with Crippen LogP contribution in [0.4, 0.5) is 17.1 Å². The lowest BCUT2D eigenvalue weighted by Gasteiger charge is -2.77. The Bertz CT molecular complexity index is 3510. The van der Waals surface area contributed by atoms with Crippen LogP contribution in [0.25, 0.3) is 69.9 Å². The van der Waals surface area contributed by atoms with Gasteiger partial charge in [0.25, 0.3) is 0 Å². The van der Waals surface area contributed by atoms with Crippen molar-refractivity contribution in [3.63, 3.8) is 0 Å². The second-order valence-corrected chi connectivity index (χ2v) is 20.9. The van der Waals surface area contributed by atoms with Gasteiger partial charge >= 0.3 is 0 Å². The highest BCUT2D eigenvalue weighted by Gasteiger charge is 2.84. The highest BCUT2D eigenvalue weighted by Crippen LogP contribution is 2.90. The van der Waals surface area contributed by atoms with E-state index in [0.29, 0.717) is 5.41 Å². The van der Waals surface area contributed by atoms with E-state index in [0.717, 1.165) is 23.7 Å². The Morgan fingerprint density at radius 2 is 1.28 bits per heavy atom. The van der Waals surface area contributed by atoms with Crippen molar-refractivity contribution in [2.75, 3.05) is 4.90 Å². The van der Waals surface area contributed by atoms with Gasteiger partial charge in [-0.05, 0) is 159 Å². The predicted octanol–water partition coefficient (Wildman–Crippen LogP) is 17.1. The standard InChI is InChI=1S/C62H47NS/c1-2-14-39(15-3-1)45-23-11-16-40-17-12-25-51(59(40)45)49-21-5-8-28-55(49)63(43-19-10-18-41(34-43)46-24-13-26-52-50-22-6-9-29-56(50)64-60(46)52)44-30-31-48-47-20-4-7-27-53(47)62(54(48)36-44)57-33-38-32-42-35-58(62)61(42,57)37-38/h1-6,8-26,28-31,34,36,38,42,57-58H,7,27,32-33,35,37H2. The van der Waals surface area contributed by atoms with Crippen LogP contribution >= 0.6 is 11.3 Å². The highest BCUT2D eigenvalue weighted by molar-refractivity contribution is 7.26. The highest BCUT2D eigenvalue weighted by atomic mass is 32.1. The molecule has 4 fully saturated rings. The molecule has 0 saturated heterocycles. The van der Waals surface area contributed by atoms with Gasteiger partial charge < -0.3 is 4.90 Å². The molecule has 64 heavy (non-hydrogen) atoms. The number of para-hydroxylation sites is 1. The maximum absolute atomic E-state index is 2.70. The van der Waals surface area contributed by atoms with Crippen LogP contribution in [0.1, 0.15) is 49.7 Å². The molecule has 1 heterocycles. The molecule has 6 atom stereocenters. The van der Waals surface area contributed by atoms with Crippen molar-refractivity contribution in [2.24, 2.45) is 29.1 Å². The Morgan fingerprint density at radius 3 is 2.20 bits per heavy atom. The van der Waals surface area contributed by atoms with Gasteiger partial charge in [-0.1, -0.05) is 157 Å². The van der Waals surface area contributed by atoms with E-state index in [2.05, 4.69) is 193 Å². The average Bonchev–Trinajstić information content (AvgIpc) is 4.09. The van der Waals surface area contributed by atoms with E-state index in [1.165, 1.54) is 125 Å². The topological polar surface area (TPSA) is 3.24 Å². The number of allylic oxidation sites excluding steroid dienone is 4. The molecule has 15 rings (SSSR count). The van der Waals surface area contributed by atoms with Gasteiger partial charge in [-0.3, -0.25) is 0 Å². The molecule has 2 bridgehead atoms. The van der Waals surface area contributed by atoms with Gasteiger partial charge in [0.15, 0.2) is 0 Å². The maximum Gasteiger partial charge on any atom is 0.0540 e. The lowest BCUT2D eigenvalue weighted by atomic mass is 9.26. The minimum absolute atomic E-state index is 0.196. The summed E-state index contributed by atoms with van der Waals surface area (Å²) in [5.41, 5.74) is 18.5. The Labute approximate surface area is 379 Å². The molecule has 0 N–H and O–H groups in total. The molecule has 0 aliphatic heterocycles. The largest absolute Gasteiger partial charge is 0.310 e. The summed E-state index contributed by atoms with van der Waals surface area (Å²) >= 11 is 1.91. The Balaban J connectivity index is 0.965. The van der Waals surface area contributed by atoms with E-state index in [4.69, 9.17) is 0 Å². The van der Waals surface area contributed by atoms with Crippen molar-refractivity contribution in [2.45, 2.75) is 43.9 Å². The van der Waals surface area contributed by atoms with E-state index in [-0.39, 0.29) is 5.41 Å². The molecule has 1 aromatic heterocycles. The predicted molar refractivity (Wildman–Crippen MR) is 270 cm³/mol. The quantitative estimate of drug-likeness (QED) is 0.161. The lowest BCUT2D eigenvalue weighted by molar-refractivity contribution is -0.234. The Hall–Kier alpha value is -6.48. The van der Waals surface area contributed by atoms with Gasteiger partial charge in [-0.15, -0.1) is 11.3 Å². The van der Waals surface area contributed by atoms with Crippen LogP contribution in [-0.2, 0) is 5.41 Å². The van der Waals surface area contributed by atoms with Crippen LogP contribution in [0.2, 0.25) is 0 Å². The summed E-state index contributed by atoms with van der Waals surface area (Å²) in [5, 5.41) is 5.22. The molecule has 1 nitrogen and oxygen atoms in total. The van der Waals surface area contributed by atoms with Crippen molar-refractivity contribution in [1.29, 1.82) is 0 Å². The van der Waals surface area contributed by atoms with E-state index < -0.39 is 0 Å². The summed E-state index contributed by atoms with van der Waals surface area (Å²) in [7, 11) is 0. The minimum atomic E-state index is 0.196. The summed E-state index contributed by atoms with van der Waals surface area (Å²) in [6.45, 7) is 0. The Kier molecular flexibility index (Phi) is 7.33. The summed E-state index contributed by atoms with van der Waals surface area (Å²) in [6.07, 6.45) is 13.2. The van der Waals surface area contributed by atoms with E-state index >= 15 is 0 Å². The van der Waals surface area contributed by atoms with Gasteiger partial charge in [-0.25, -0.2) is 0 Å². The van der Waals surface area contributed by atoms with Crippen LogP contribution < -0.4 is 4.90 Å². The van der Waals surface area contributed by atoms with Crippen molar-refractivity contribution < 1.29 is 0 Å². The van der Waals surface area contributed by atoms with Crippen LogP contribution in [0.3, 0.4) is 0 Å². The first-order chi connectivity index (χ1) is 31.7. The summed E-state index contributed by atoms with van der Waals surface area (Å²) in [5.74, 6) is 3.51. The number of rotatable bonds is 6. The second-order valence-electron chi connectivity index (χ2n) is 19.9. The van der Waals surface area contributed by atoms with Crippen molar-refractivity contribution in [3.05, 3.63) is 205 Å². The number of fused-ring (bicyclic) bond motifs is 11. The molecule has 0 radical (unpaired) electrons. The number of thiophene rings is 1. The fourth-order valence-corrected chi connectivity index (χ4v) is 16.6. The number of nitrogens with zero attached hydrogens (tertiary/aromatic N) is 1. The fourth-order valence-electron chi connectivity index (χ4n) is 15.3. The number of benzene rings is 8. The number of hydrogen-bond acceptors (Lipinski definition) is 2. The second kappa shape index (κ2) is 13.1. The zero-order valence-corrected chi connectivity index (χ0v) is 36.6. The molecule has 6 unspecified atom stereocenters. The number of anilines is 3. The van der Waals surface area contributed by atoms with Gasteiger partial charge in [0, 0.05) is 42.5 Å². The van der Waals surface area contributed by atoms with E-state index in [1.807, 2.05) is 11.3 Å². The smallest absolute Gasteiger partial charge is 0.0540 e. The molecule has 2 spiro atoms.